The molecule has 17 heavy (non-hydrogen) atoms. The van der Waals surface area contributed by atoms with Gasteiger partial charge in [0.25, 0.3) is 0 Å². The molecule has 0 radical (unpaired) electrons. The molecule has 0 aliphatic heterocycles. The zero-order valence-corrected chi connectivity index (χ0v) is 11.8. The van der Waals surface area contributed by atoms with Gasteiger partial charge in [-0.1, -0.05) is 12.1 Å². The van der Waals surface area contributed by atoms with Gasteiger partial charge in [0.2, 0.25) is 0 Å². The van der Waals surface area contributed by atoms with Crippen molar-refractivity contribution in [1.29, 1.82) is 0 Å². The van der Waals surface area contributed by atoms with Crippen LogP contribution in [0.5, 0.6) is 0 Å². The zero-order chi connectivity index (χ0) is 12.2. The number of rotatable bonds is 5. The van der Waals surface area contributed by atoms with Crippen LogP contribution in [-0.4, -0.2) is 31.3 Å². The van der Waals surface area contributed by atoms with Crippen molar-refractivity contribution < 1.29 is 5.11 Å². The number of aliphatic hydroxyl groups is 1. The van der Waals surface area contributed by atoms with E-state index in [0.717, 1.165) is 6.54 Å². The third kappa shape index (κ3) is 5.39. The minimum atomic E-state index is -0.222. The molecule has 0 unspecified atom stereocenters. The summed E-state index contributed by atoms with van der Waals surface area (Å²) in [6.07, 6.45) is 0. The van der Waals surface area contributed by atoms with Gasteiger partial charge in [0, 0.05) is 31.9 Å². The zero-order valence-electron chi connectivity index (χ0n) is 11.0. The molecule has 3 nitrogen and oxygen atoms in total. The first-order chi connectivity index (χ1) is 7.44. The van der Waals surface area contributed by atoms with Gasteiger partial charge in [0.1, 0.15) is 0 Å². The number of hydrogen-bond donors (Lipinski definition) is 2. The van der Waals surface area contributed by atoms with Gasteiger partial charge in [-0.05, 0) is 31.5 Å². The fourth-order valence-electron chi connectivity index (χ4n) is 1.31. The summed E-state index contributed by atoms with van der Waals surface area (Å²) in [6, 6.07) is 8.41. The Labute approximate surface area is 110 Å². The van der Waals surface area contributed by atoms with Gasteiger partial charge in [-0.15, -0.1) is 12.4 Å². The minimum Gasteiger partial charge on any atom is -0.394 e. The highest BCUT2D eigenvalue weighted by Gasteiger charge is 2.14. The molecule has 0 aliphatic carbocycles. The van der Waals surface area contributed by atoms with Gasteiger partial charge in [-0.2, -0.15) is 0 Å². The van der Waals surface area contributed by atoms with Crippen molar-refractivity contribution in [3.63, 3.8) is 0 Å². The Balaban J connectivity index is 0.00000256. The predicted octanol–water partition coefficient (Wildman–Crippen LogP) is 2.03. The molecule has 1 rings (SSSR count). The van der Waals surface area contributed by atoms with E-state index in [1.54, 1.807) is 0 Å². The summed E-state index contributed by atoms with van der Waals surface area (Å²) in [5.41, 5.74) is 2.21. The molecule has 0 aliphatic rings. The topological polar surface area (TPSA) is 35.5 Å². The van der Waals surface area contributed by atoms with Crippen LogP contribution in [0.25, 0.3) is 0 Å². The Bertz CT molecular complexity index is 323. The van der Waals surface area contributed by atoms with Gasteiger partial charge in [0.05, 0.1) is 6.61 Å². The van der Waals surface area contributed by atoms with E-state index in [9.17, 15) is 0 Å². The molecular formula is C13H23ClN2O. The smallest absolute Gasteiger partial charge is 0.0607 e. The van der Waals surface area contributed by atoms with Crippen LogP contribution >= 0.6 is 12.4 Å². The molecule has 0 atom stereocenters. The molecule has 0 spiro atoms. The van der Waals surface area contributed by atoms with Gasteiger partial charge in [0.15, 0.2) is 0 Å². The summed E-state index contributed by atoms with van der Waals surface area (Å²) in [4.78, 5) is 2.08. The van der Waals surface area contributed by atoms with Gasteiger partial charge in [-0.3, -0.25) is 0 Å². The number of nitrogens with one attached hydrogen (secondary N) is 1. The van der Waals surface area contributed by atoms with Gasteiger partial charge >= 0.3 is 0 Å². The summed E-state index contributed by atoms with van der Waals surface area (Å²) in [7, 11) is 4.06. The van der Waals surface area contributed by atoms with Crippen molar-refractivity contribution in [3.8, 4) is 0 Å². The van der Waals surface area contributed by atoms with Crippen LogP contribution in [-0.2, 0) is 6.54 Å². The number of aliphatic hydroxyl groups excluding tert-OH is 1. The molecule has 1 aromatic carbocycles. The first kappa shape index (κ1) is 16.2. The maximum Gasteiger partial charge on any atom is 0.0607 e. The SMILES string of the molecule is CN(C)c1ccc(CNC(C)(C)CO)cc1.Cl. The van der Waals surface area contributed by atoms with Crippen LogP contribution < -0.4 is 10.2 Å². The van der Waals surface area contributed by atoms with E-state index in [2.05, 4.69) is 34.5 Å². The maximum absolute atomic E-state index is 9.12. The highest BCUT2D eigenvalue weighted by molar-refractivity contribution is 5.85. The van der Waals surface area contributed by atoms with Crippen LogP contribution in [0.4, 0.5) is 5.69 Å². The molecule has 0 heterocycles. The highest BCUT2D eigenvalue weighted by Crippen LogP contribution is 2.12. The first-order valence-corrected chi connectivity index (χ1v) is 5.57. The van der Waals surface area contributed by atoms with Crippen molar-refractivity contribution in [3.05, 3.63) is 29.8 Å². The van der Waals surface area contributed by atoms with E-state index in [1.807, 2.05) is 27.9 Å². The van der Waals surface area contributed by atoms with Gasteiger partial charge in [-0.25, -0.2) is 0 Å². The van der Waals surface area contributed by atoms with Crippen LogP contribution in [0.2, 0.25) is 0 Å². The second-order valence-electron chi connectivity index (χ2n) is 4.96. The van der Waals surface area contributed by atoms with Crippen molar-refractivity contribution in [2.45, 2.75) is 25.9 Å². The fraction of sp³-hybridized carbons (Fsp3) is 0.538. The third-order valence-corrected chi connectivity index (χ3v) is 2.62. The summed E-state index contributed by atoms with van der Waals surface area (Å²) in [5, 5.41) is 12.4. The van der Waals surface area contributed by atoms with Crippen LogP contribution in [0.3, 0.4) is 0 Å². The second-order valence-corrected chi connectivity index (χ2v) is 4.96. The van der Waals surface area contributed by atoms with Crippen molar-refractivity contribution >= 4 is 18.1 Å². The number of nitrogens with zero attached hydrogens (tertiary/aromatic N) is 1. The monoisotopic (exact) mass is 258 g/mol. The van der Waals surface area contributed by atoms with E-state index in [1.165, 1.54) is 11.3 Å². The lowest BCUT2D eigenvalue weighted by atomic mass is 10.1. The molecule has 0 aromatic heterocycles. The summed E-state index contributed by atoms with van der Waals surface area (Å²) >= 11 is 0. The van der Waals surface area contributed by atoms with E-state index < -0.39 is 0 Å². The Morgan fingerprint density at radius 2 is 1.71 bits per heavy atom. The molecule has 0 saturated heterocycles. The quantitative estimate of drug-likeness (QED) is 0.849. The summed E-state index contributed by atoms with van der Waals surface area (Å²) in [6.45, 7) is 4.90. The lowest BCUT2D eigenvalue weighted by molar-refractivity contribution is 0.187. The fourth-order valence-corrected chi connectivity index (χ4v) is 1.31. The van der Waals surface area contributed by atoms with E-state index >= 15 is 0 Å². The van der Waals surface area contributed by atoms with Gasteiger partial charge < -0.3 is 15.3 Å². The molecule has 0 amide bonds. The number of halogens is 1. The largest absolute Gasteiger partial charge is 0.394 e. The Kier molecular flexibility index (Phi) is 6.53. The average Bonchev–Trinajstić information content (AvgIpc) is 2.27. The summed E-state index contributed by atoms with van der Waals surface area (Å²) in [5.74, 6) is 0. The maximum atomic E-state index is 9.12. The van der Waals surface area contributed by atoms with Crippen molar-refractivity contribution in [1.82, 2.24) is 5.32 Å². The Morgan fingerprint density at radius 3 is 2.12 bits per heavy atom. The van der Waals surface area contributed by atoms with Crippen LogP contribution in [0, 0.1) is 0 Å². The summed E-state index contributed by atoms with van der Waals surface area (Å²) < 4.78 is 0. The number of benzene rings is 1. The standard InChI is InChI=1S/C13H22N2O.ClH/c1-13(2,10-16)14-9-11-5-7-12(8-6-11)15(3)4;/h5-8,14,16H,9-10H2,1-4H3;1H. The lowest BCUT2D eigenvalue weighted by Gasteiger charge is -2.23. The van der Waals surface area contributed by atoms with E-state index in [4.69, 9.17) is 5.11 Å². The van der Waals surface area contributed by atoms with E-state index in [0.29, 0.717) is 0 Å². The molecule has 1 aromatic rings. The highest BCUT2D eigenvalue weighted by atomic mass is 35.5. The molecule has 4 heteroatoms. The number of anilines is 1. The normalized spacial score (nSPS) is 10.9. The first-order valence-electron chi connectivity index (χ1n) is 5.57. The minimum absolute atomic E-state index is 0. The molecule has 0 fully saturated rings. The molecular weight excluding hydrogens is 236 g/mol. The van der Waals surface area contributed by atoms with Crippen molar-refractivity contribution in [2.24, 2.45) is 0 Å². The molecule has 0 bridgehead atoms. The Morgan fingerprint density at radius 1 is 1.18 bits per heavy atom. The average molecular weight is 259 g/mol. The molecule has 0 saturated carbocycles. The second kappa shape index (κ2) is 6.84. The molecule has 2 N–H and O–H groups in total. The number of hydrogen-bond acceptors (Lipinski definition) is 3. The lowest BCUT2D eigenvalue weighted by Crippen LogP contribution is -2.42. The van der Waals surface area contributed by atoms with E-state index in [-0.39, 0.29) is 24.6 Å². The third-order valence-electron chi connectivity index (χ3n) is 2.62. The van der Waals surface area contributed by atoms with Crippen molar-refractivity contribution in [2.75, 3.05) is 25.6 Å². The predicted molar refractivity (Wildman–Crippen MR) is 76.0 cm³/mol. The van der Waals surface area contributed by atoms with Crippen LogP contribution in [0.1, 0.15) is 19.4 Å². The molecule has 98 valence electrons. The van der Waals surface area contributed by atoms with Crippen LogP contribution in [0.15, 0.2) is 24.3 Å². The Hall–Kier alpha value is -0.770.